The molecule has 30 heavy (non-hydrogen) atoms. The molecule has 1 fully saturated rings. The number of nitrogens with zero attached hydrogens (tertiary/aromatic N) is 1. The first kappa shape index (κ1) is 24.3. The van der Waals surface area contributed by atoms with Crippen LogP contribution in [0, 0.1) is 13.8 Å². The van der Waals surface area contributed by atoms with Crippen LogP contribution in [0.25, 0.3) is 0 Å². The van der Waals surface area contributed by atoms with Crippen LogP contribution in [0.5, 0.6) is 11.5 Å². The van der Waals surface area contributed by atoms with Gasteiger partial charge in [-0.25, -0.2) is 0 Å². The zero-order valence-electron chi connectivity index (χ0n) is 17.9. The average molecular weight is 525 g/mol. The van der Waals surface area contributed by atoms with Crippen molar-refractivity contribution < 1.29 is 14.2 Å². The molecule has 2 aromatic rings. The zero-order valence-corrected chi connectivity index (χ0v) is 20.3. The van der Waals surface area contributed by atoms with Crippen LogP contribution >= 0.6 is 24.0 Å². The number of aryl methyl sites for hydroxylation is 2. The number of hydrogen-bond acceptors (Lipinski definition) is 4. The summed E-state index contributed by atoms with van der Waals surface area (Å²) in [5, 5.41) is 6.64. The van der Waals surface area contributed by atoms with Crippen LogP contribution in [-0.2, 0) is 11.3 Å². The van der Waals surface area contributed by atoms with E-state index in [0.717, 1.165) is 41.6 Å². The van der Waals surface area contributed by atoms with Gasteiger partial charge in [-0.2, -0.15) is 0 Å². The summed E-state index contributed by atoms with van der Waals surface area (Å²) in [6, 6.07) is 14.3. The number of aliphatic imine (C=N–C) groups is 1. The predicted molar refractivity (Wildman–Crippen MR) is 131 cm³/mol. The molecule has 0 aromatic heterocycles. The molecule has 2 aromatic carbocycles. The number of ether oxygens (including phenoxy) is 3. The van der Waals surface area contributed by atoms with Gasteiger partial charge in [-0.3, -0.25) is 4.99 Å². The van der Waals surface area contributed by atoms with Gasteiger partial charge in [0.15, 0.2) is 5.96 Å². The van der Waals surface area contributed by atoms with E-state index < -0.39 is 0 Å². The third kappa shape index (κ3) is 7.36. The van der Waals surface area contributed by atoms with Gasteiger partial charge in [-0.1, -0.05) is 30.3 Å². The van der Waals surface area contributed by atoms with E-state index in [2.05, 4.69) is 40.7 Å². The molecule has 0 saturated carbocycles. The van der Waals surface area contributed by atoms with E-state index in [1.165, 1.54) is 5.56 Å². The normalized spacial score (nSPS) is 16.0. The van der Waals surface area contributed by atoms with Crippen LogP contribution in [0.2, 0.25) is 0 Å². The van der Waals surface area contributed by atoms with Gasteiger partial charge in [0.1, 0.15) is 24.2 Å². The molecular weight excluding hydrogens is 493 g/mol. The van der Waals surface area contributed by atoms with E-state index in [9.17, 15) is 0 Å². The molecule has 1 atom stereocenters. The molecule has 0 radical (unpaired) electrons. The van der Waals surface area contributed by atoms with Crippen LogP contribution in [0.1, 0.15) is 23.1 Å². The fraction of sp³-hybridized carbons (Fsp3) is 0.435. The van der Waals surface area contributed by atoms with E-state index in [-0.39, 0.29) is 30.1 Å². The standard InChI is InChI=1S/C23H31N3O3.HI/c1-17-8-9-19(22(14-17)29-20-10-12-27-16-20)15-26-23(24-3)25-11-13-28-21-7-5-4-6-18(21)2;/h4-9,14,20H,10-13,15-16H2,1-3H3,(H2,24,25,26);1H. The van der Waals surface area contributed by atoms with Gasteiger partial charge in [-0.15, -0.1) is 24.0 Å². The lowest BCUT2D eigenvalue weighted by Crippen LogP contribution is -2.39. The highest BCUT2D eigenvalue weighted by molar-refractivity contribution is 14.0. The Kier molecular flexibility index (Phi) is 10.2. The minimum atomic E-state index is 0. The van der Waals surface area contributed by atoms with Crippen LogP contribution < -0.4 is 20.1 Å². The molecule has 1 saturated heterocycles. The van der Waals surface area contributed by atoms with Crippen LogP contribution in [0.3, 0.4) is 0 Å². The fourth-order valence-corrected chi connectivity index (χ4v) is 3.15. The number of halogens is 1. The molecule has 1 aliphatic rings. The van der Waals surface area contributed by atoms with E-state index >= 15 is 0 Å². The molecule has 2 N–H and O–H groups in total. The highest BCUT2D eigenvalue weighted by atomic mass is 127. The number of guanidine groups is 1. The van der Waals surface area contributed by atoms with E-state index in [0.29, 0.717) is 26.3 Å². The van der Waals surface area contributed by atoms with Crippen LogP contribution in [0.4, 0.5) is 0 Å². The van der Waals surface area contributed by atoms with Crippen LogP contribution in [0.15, 0.2) is 47.5 Å². The van der Waals surface area contributed by atoms with Crippen molar-refractivity contribution >= 4 is 29.9 Å². The highest BCUT2D eigenvalue weighted by Crippen LogP contribution is 2.23. The molecule has 1 unspecified atom stereocenters. The van der Waals surface area contributed by atoms with E-state index in [1.54, 1.807) is 7.05 Å². The number of hydrogen-bond donors (Lipinski definition) is 2. The maximum atomic E-state index is 6.17. The second kappa shape index (κ2) is 12.6. The summed E-state index contributed by atoms with van der Waals surface area (Å²) >= 11 is 0. The summed E-state index contributed by atoms with van der Waals surface area (Å²) in [6.07, 6.45) is 1.07. The SMILES string of the molecule is CN=C(NCCOc1ccccc1C)NCc1ccc(C)cc1OC1CCOC1.I. The molecular formula is C23H32IN3O3. The third-order valence-electron chi connectivity index (χ3n) is 4.82. The largest absolute Gasteiger partial charge is 0.491 e. The monoisotopic (exact) mass is 525 g/mol. The van der Waals surface area contributed by atoms with Crippen molar-refractivity contribution in [1.82, 2.24) is 10.6 Å². The Balaban J connectivity index is 0.00000320. The quantitative estimate of drug-likeness (QED) is 0.238. The molecule has 3 rings (SSSR count). The molecule has 7 heteroatoms. The Bertz CT molecular complexity index is 823. The lowest BCUT2D eigenvalue weighted by molar-refractivity contribution is 0.140. The molecule has 0 amide bonds. The molecule has 6 nitrogen and oxygen atoms in total. The molecule has 1 heterocycles. The molecule has 1 aliphatic heterocycles. The minimum absolute atomic E-state index is 0. The van der Waals surface area contributed by atoms with Gasteiger partial charge in [0.05, 0.1) is 19.8 Å². The van der Waals surface area contributed by atoms with Gasteiger partial charge in [-0.05, 0) is 37.1 Å². The Morgan fingerprint density at radius 1 is 1.13 bits per heavy atom. The Morgan fingerprint density at radius 3 is 2.70 bits per heavy atom. The minimum Gasteiger partial charge on any atom is -0.491 e. The van der Waals surface area contributed by atoms with Gasteiger partial charge in [0.25, 0.3) is 0 Å². The third-order valence-corrected chi connectivity index (χ3v) is 4.82. The summed E-state index contributed by atoms with van der Waals surface area (Å²) in [5.41, 5.74) is 3.41. The Morgan fingerprint density at radius 2 is 1.97 bits per heavy atom. The maximum Gasteiger partial charge on any atom is 0.191 e. The zero-order chi connectivity index (χ0) is 20.5. The summed E-state index contributed by atoms with van der Waals surface area (Å²) in [5.74, 6) is 2.55. The topological polar surface area (TPSA) is 64.1 Å². The predicted octanol–water partition coefficient (Wildman–Crippen LogP) is 3.83. The van der Waals surface area contributed by atoms with Gasteiger partial charge >= 0.3 is 0 Å². The number of para-hydroxylation sites is 1. The van der Waals surface area contributed by atoms with Crippen molar-refractivity contribution in [1.29, 1.82) is 0 Å². The Labute approximate surface area is 196 Å². The summed E-state index contributed by atoms with van der Waals surface area (Å²) in [6.45, 7) is 7.39. The van der Waals surface area contributed by atoms with Gasteiger partial charge in [0, 0.05) is 25.6 Å². The van der Waals surface area contributed by atoms with Crippen molar-refractivity contribution in [2.24, 2.45) is 4.99 Å². The maximum absolute atomic E-state index is 6.17. The summed E-state index contributed by atoms with van der Waals surface area (Å²) < 4.78 is 17.4. The van der Waals surface area contributed by atoms with Crippen molar-refractivity contribution in [3.8, 4) is 11.5 Å². The van der Waals surface area contributed by atoms with Crippen molar-refractivity contribution in [3.63, 3.8) is 0 Å². The summed E-state index contributed by atoms with van der Waals surface area (Å²) in [7, 11) is 1.76. The molecule has 164 valence electrons. The second-order valence-corrected chi connectivity index (χ2v) is 7.18. The first-order valence-corrected chi connectivity index (χ1v) is 10.1. The average Bonchev–Trinajstić information content (AvgIpc) is 3.23. The highest BCUT2D eigenvalue weighted by Gasteiger charge is 2.18. The van der Waals surface area contributed by atoms with Gasteiger partial charge in [0.2, 0.25) is 0 Å². The van der Waals surface area contributed by atoms with E-state index in [1.807, 2.05) is 31.2 Å². The first-order chi connectivity index (χ1) is 14.2. The fourth-order valence-electron chi connectivity index (χ4n) is 3.15. The van der Waals surface area contributed by atoms with Crippen molar-refractivity contribution in [2.75, 3.05) is 33.4 Å². The lowest BCUT2D eigenvalue weighted by atomic mass is 10.1. The first-order valence-electron chi connectivity index (χ1n) is 10.1. The molecule has 0 aliphatic carbocycles. The van der Waals surface area contributed by atoms with E-state index in [4.69, 9.17) is 14.2 Å². The van der Waals surface area contributed by atoms with Crippen LogP contribution in [-0.4, -0.2) is 45.5 Å². The second-order valence-electron chi connectivity index (χ2n) is 7.18. The van der Waals surface area contributed by atoms with Crippen molar-refractivity contribution in [3.05, 3.63) is 59.2 Å². The van der Waals surface area contributed by atoms with Gasteiger partial charge < -0.3 is 24.8 Å². The number of benzene rings is 2. The number of rotatable bonds is 8. The van der Waals surface area contributed by atoms with Crippen molar-refractivity contribution in [2.45, 2.75) is 32.9 Å². The molecule has 0 spiro atoms. The lowest BCUT2D eigenvalue weighted by Gasteiger charge is -2.18. The number of nitrogens with one attached hydrogen (secondary N) is 2. The summed E-state index contributed by atoms with van der Waals surface area (Å²) in [4.78, 5) is 4.29. The Hall–Kier alpha value is -2.00. The molecule has 0 bridgehead atoms. The smallest absolute Gasteiger partial charge is 0.191 e.